The van der Waals surface area contributed by atoms with Crippen molar-refractivity contribution >= 4 is 5.78 Å². The SMILES string of the molecule is C=C(CC)C1CCC2C3CCC4=CC(=O)C=CC4(C)C3CCC12C. The Hall–Kier alpha value is -1.11. The minimum Gasteiger partial charge on any atom is -0.290 e. The van der Waals surface area contributed by atoms with Crippen LogP contribution in [0.3, 0.4) is 0 Å². The van der Waals surface area contributed by atoms with E-state index in [4.69, 9.17) is 0 Å². The second-order valence-electron chi connectivity index (χ2n) is 9.29. The van der Waals surface area contributed by atoms with Crippen LogP contribution >= 0.6 is 0 Å². The van der Waals surface area contributed by atoms with Crippen molar-refractivity contribution < 1.29 is 4.79 Å². The lowest BCUT2D eigenvalue weighted by atomic mass is 9.47. The second kappa shape index (κ2) is 5.44. The fourth-order valence-corrected chi connectivity index (χ4v) is 7.11. The summed E-state index contributed by atoms with van der Waals surface area (Å²) in [6, 6.07) is 0. The molecule has 0 spiro atoms. The van der Waals surface area contributed by atoms with E-state index in [-0.39, 0.29) is 11.2 Å². The molecule has 0 aromatic rings. The molecule has 4 aliphatic rings. The van der Waals surface area contributed by atoms with Crippen LogP contribution in [0, 0.1) is 34.5 Å². The average Bonchev–Trinajstić information content (AvgIpc) is 2.92. The summed E-state index contributed by atoms with van der Waals surface area (Å²) < 4.78 is 0. The predicted molar refractivity (Wildman–Crippen MR) is 99.5 cm³/mol. The van der Waals surface area contributed by atoms with Crippen LogP contribution in [-0.4, -0.2) is 5.78 Å². The van der Waals surface area contributed by atoms with Gasteiger partial charge in [-0.15, -0.1) is 0 Å². The zero-order chi connectivity index (χ0) is 17.1. The zero-order valence-electron chi connectivity index (χ0n) is 15.6. The van der Waals surface area contributed by atoms with E-state index in [1.54, 1.807) is 0 Å². The van der Waals surface area contributed by atoms with E-state index in [9.17, 15) is 4.79 Å². The van der Waals surface area contributed by atoms with Gasteiger partial charge in [-0.25, -0.2) is 0 Å². The molecular weight excluding hydrogens is 292 g/mol. The summed E-state index contributed by atoms with van der Waals surface area (Å²) in [5.41, 5.74) is 3.51. The van der Waals surface area contributed by atoms with Crippen molar-refractivity contribution in [3.05, 3.63) is 36.0 Å². The molecule has 3 fully saturated rings. The molecule has 4 aliphatic carbocycles. The molecule has 1 heteroatoms. The maximum Gasteiger partial charge on any atom is 0.178 e. The van der Waals surface area contributed by atoms with Crippen LogP contribution in [0.15, 0.2) is 36.0 Å². The molecule has 6 atom stereocenters. The quantitative estimate of drug-likeness (QED) is 0.580. The highest BCUT2D eigenvalue weighted by Gasteiger charge is 2.58. The average molecular weight is 325 g/mol. The number of carbonyl (C=O) groups excluding carboxylic acids is 1. The maximum absolute atomic E-state index is 11.8. The molecule has 24 heavy (non-hydrogen) atoms. The van der Waals surface area contributed by atoms with Gasteiger partial charge in [-0.3, -0.25) is 4.79 Å². The molecule has 3 saturated carbocycles. The Balaban J connectivity index is 1.66. The molecule has 0 radical (unpaired) electrons. The van der Waals surface area contributed by atoms with Crippen LogP contribution in [0.2, 0.25) is 0 Å². The molecule has 6 unspecified atom stereocenters. The fourth-order valence-electron chi connectivity index (χ4n) is 7.11. The largest absolute Gasteiger partial charge is 0.290 e. The molecule has 4 rings (SSSR count). The highest BCUT2D eigenvalue weighted by atomic mass is 16.1. The molecule has 0 aromatic carbocycles. The van der Waals surface area contributed by atoms with Crippen molar-refractivity contribution in [3.8, 4) is 0 Å². The number of hydrogen-bond acceptors (Lipinski definition) is 1. The monoisotopic (exact) mass is 324 g/mol. The Kier molecular flexibility index (Phi) is 3.71. The van der Waals surface area contributed by atoms with E-state index in [0.717, 1.165) is 36.5 Å². The Morgan fingerprint density at radius 1 is 1.21 bits per heavy atom. The van der Waals surface area contributed by atoms with Gasteiger partial charge >= 0.3 is 0 Å². The summed E-state index contributed by atoms with van der Waals surface area (Å²) >= 11 is 0. The van der Waals surface area contributed by atoms with Crippen molar-refractivity contribution in [1.82, 2.24) is 0 Å². The molecule has 1 nitrogen and oxygen atoms in total. The van der Waals surface area contributed by atoms with Crippen LogP contribution in [0.1, 0.15) is 65.7 Å². The summed E-state index contributed by atoms with van der Waals surface area (Å²) in [6.45, 7) is 11.7. The Labute approximate surface area is 147 Å². The van der Waals surface area contributed by atoms with Gasteiger partial charge < -0.3 is 0 Å². The van der Waals surface area contributed by atoms with Gasteiger partial charge in [0.05, 0.1) is 0 Å². The Bertz CT molecular complexity index is 638. The molecule has 0 aromatic heterocycles. The summed E-state index contributed by atoms with van der Waals surface area (Å²) in [5, 5.41) is 0. The molecule has 0 aliphatic heterocycles. The lowest BCUT2D eigenvalue weighted by Gasteiger charge is -2.57. The third kappa shape index (κ3) is 2.09. The number of hydrogen-bond donors (Lipinski definition) is 0. The van der Waals surface area contributed by atoms with E-state index in [0.29, 0.717) is 5.41 Å². The topological polar surface area (TPSA) is 17.1 Å². The lowest BCUT2D eigenvalue weighted by Crippen LogP contribution is -2.49. The first kappa shape index (κ1) is 16.4. The van der Waals surface area contributed by atoms with Crippen LogP contribution < -0.4 is 0 Å². The van der Waals surface area contributed by atoms with Gasteiger partial charge in [0.1, 0.15) is 0 Å². The summed E-state index contributed by atoms with van der Waals surface area (Å²) in [4.78, 5) is 11.8. The molecule has 0 saturated heterocycles. The molecule has 0 amide bonds. The summed E-state index contributed by atoms with van der Waals surface area (Å²) in [5.74, 6) is 3.35. The van der Waals surface area contributed by atoms with Crippen LogP contribution in [0.5, 0.6) is 0 Å². The van der Waals surface area contributed by atoms with Crippen molar-refractivity contribution in [2.75, 3.05) is 0 Å². The number of carbonyl (C=O) groups is 1. The van der Waals surface area contributed by atoms with Gasteiger partial charge in [0, 0.05) is 5.41 Å². The standard InChI is InChI=1S/C23H32O/c1-5-15(2)19-8-9-20-18-7-6-16-14-17(24)10-12-22(16,3)21(18)11-13-23(19,20)4/h10,12,14,18-21H,2,5-9,11,13H2,1,3-4H3. The molecule has 0 heterocycles. The van der Waals surface area contributed by atoms with Gasteiger partial charge in [0.25, 0.3) is 0 Å². The Morgan fingerprint density at radius 3 is 2.75 bits per heavy atom. The van der Waals surface area contributed by atoms with Gasteiger partial charge in [0.15, 0.2) is 5.78 Å². The minimum absolute atomic E-state index is 0.137. The second-order valence-corrected chi connectivity index (χ2v) is 9.29. The van der Waals surface area contributed by atoms with Crippen molar-refractivity contribution in [2.24, 2.45) is 34.5 Å². The lowest BCUT2D eigenvalue weighted by molar-refractivity contribution is -0.111. The summed E-state index contributed by atoms with van der Waals surface area (Å²) in [6.07, 6.45) is 15.0. The van der Waals surface area contributed by atoms with Crippen LogP contribution in [0.4, 0.5) is 0 Å². The normalized spacial score (nSPS) is 46.8. The van der Waals surface area contributed by atoms with Gasteiger partial charge in [0.2, 0.25) is 0 Å². The summed E-state index contributed by atoms with van der Waals surface area (Å²) in [7, 11) is 0. The van der Waals surface area contributed by atoms with E-state index in [1.807, 2.05) is 12.2 Å². The Morgan fingerprint density at radius 2 is 2.00 bits per heavy atom. The fraction of sp³-hybridized carbons (Fsp3) is 0.696. The van der Waals surface area contributed by atoms with Gasteiger partial charge in [-0.05, 0) is 86.2 Å². The van der Waals surface area contributed by atoms with Crippen LogP contribution in [-0.2, 0) is 4.79 Å². The van der Waals surface area contributed by atoms with E-state index in [2.05, 4.69) is 33.4 Å². The maximum atomic E-state index is 11.8. The van der Waals surface area contributed by atoms with Crippen molar-refractivity contribution in [3.63, 3.8) is 0 Å². The third-order valence-electron chi connectivity index (χ3n) is 8.50. The van der Waals surface area contributed by atoms with Crippen LogP contribution in [0.25, 0.3) is 0 Å². The number of rotatable bonds is 2. The molecule has 130 valence electrons. The molecule has 0 bridgehead atoms. The van der Waals surface area contributed by atoms with E-state index < -0.39 is 0 Å². The number of allylic oxidation sites excluding steroid dienone is 5. The minimum atomic E-state index is 0.137. The smallest absolute Gasteiger partial charge is 0.178 e. The highest BCUT2D eigenvalue weighted by molar-refractivity contribution is 6.01. The number of fused-ring (bicyclic) bond motifs is 5. The number of ketones is 1. The first-order chi connectivity index (χ1) is 11.4. The van der Waals surface area contributed by atoms with Crippen molar-refractivity contribution in [2.45, 2.75) is 65.7 Å². The first-order valence-corrected chi connectivity index (χ1v) is 10.0. The third-order valence-corrected chi connectivity index (χ3v) is 8.50. The zero-order valence-corrected chi connectivity index (χ0v) is 15.6. The molecular formula is C23H32O. The first-order valence-electron chi connectivity index (χ1n) is 10.0. The van der Waals surface area contributed by atoms with Crippen molar-refractivity contribution in [1.29, 1.82) is 0 Å². The highest BCUT2D eigenvalue weighted by Crippen LogP contribution is 2.66. The predicted octanol–water partition coefficient (Wildman–Crippen LogP) is 5.88. The molecule has 0 N–H and O–H groups in total. The van der Waals surface area contributed by atoms with Gasteiger partial charge in [-0.2, -0.15) is 0 Å². The van der Waals surface area contributed by atoms with E-state index >= 15 is 0 Å². The van der Waals surface area contributed by atoms with E-state index in [1.165, 1.54) is 43.3 Å². The van der Waals surface area contributed by atoms with Gasteiger partial charge in [-0.1, -0.05) is 44.6 Å².